The summed E-state index contributed by atoms with van der Waals surface area (Å²) in [6.07, 6.45) is 4.26. The van der Waals surface area contributed by atoms with Gasteiger partial charge in [-0.25, -0.2) is 0 Å². The molecule has 162 valence electrons. The number of nitrogens with two attached hydrogens (primary N) is 1. The van der Waals surface area contributed by atoms with Crippen molar-refractivity contribution in [2.24, 2.45) is 5.73 Å². The first-order valence-electron chi connectivity index (χ1n) is 10.2. The van der Waals surface area contributed by atoms with E-state index in [1.54, 1.807) is 24.5 Å². The lowest BCUT2D eigenvalue weighted by Gasteiger charge is -2.18. The number of hydrogen-bond donors (Lipinski definition) is 3. The third-order valence-corrected chi connectivity index (χ3v) is 4.90. The molecule has 0 fully saturated rings. The molecule has 0 bridgehead atoms. The van der Waals surface area contributed by atoms with Crippen molar-refractivity contribution in [1.29, 1.82) is 5.26 Å². The Labute approximate surface area is 186 Å². The zero-order valence-corrected chi connectivity index (χ0v) is 17.5. The minimum atomic E-state index is -0.842. The van der Waals surface area contributed by atoms with Gasteiger partial charge in [0.2, 0.25) is 5.91 Å². The van der Waals surface area contributed by atoms with Crippen LogP contribution in [0.1, 0.15) is 21.5 Å². The van der Waals surface area contributed by atoms with Gasteiger partial charge in [0.15, 0.2) is 0 Å². The van der Waals surface area contributed by atoms with Crippen molar-refractivity contribution in [1.82, 2.24) is 20.8 Å². The largest absolute Gasteiger partial charge is 0.341 e. The van der Waals surface area contributed by atoms with Gasteiger partial charge in [0, 0.05) is 17.5 Å². The van der Waals surface area contributed by atoms with Crippen LogP contribution in [0.3, 0.4) is 0 Å². The Morgan fingerprint density at radius 3 is 2.53 bits per heavy atom. The number of nitriles is 1. The number of nitrogens with zero attached hydrogens (tertiary/aromatic N) is 3. The molecule has 0 spiro atoms. The summed E-state index contributed by atoms with van der Waals surface area (Å²) in [5, 5.41) is 21.8. The number of amides is 2. The number of benzene rings is 2. The standard InChI is InChI=1S/C24H24N6O2/c25-10-8-17-4-6-19(7-5-17)23(31)30-22(24(32)27-13-11-26)15-18-2-1-3-20(14-18)21-9-12-28-29-16-21/h1-7,9,12,14,16,22H,8,10,13,15,25H2,(H,27,32)(H,30,31). The normalized spacial score (nSPS) is 11.2. The Hall–Kier alpha value is -4.09. The van der Waals surface area contributed by atoms with Crippen LogP contribution >= 0.6 is 0 Å². The molecule has 2 aromatic carbocycles. The minimum Gasteiger partial charge on any atom is -0.341 e. The van der Waals surface area contributed by atoms with E-state index in [4.69, 9.17) is 11.0 Å². The molecule has 0 saturated heterocycles. The predicted octanol–water partition coefficient (Wildman–Crippen LogP) is 1.63. The molecule has 8 heteroatoms. The van der Waals surface area contributed by atoms with Gasteiger partial charge in [-0.1, -0.05) is 36.4 Å². The minimum absolute atomic E-state index is 0.137. The van der Waals surface area contributed by atoms with E-state index < -0.39 is 11.9 Å². The average molecular weight is 428 g/mol. The van der Waals surface area contributed by atoms with Gasteiger partial charge in [0.1, 0.15) is 12.6 Å². The topological polar surface area (TPSA) is 134 Å². The highest BCUT2D eigenvalue weighted by atomic mass is 16.2. The number of nitrogens with one attached hydrogen (secondary N) is 2. The summed E-state index contributed by atoms with van der Waals surface area (Å²) in [6, 6.07) is 17.6. The fraction of sp³-hybridized carbons (Fsp3) is 0.208. The van der Waals surface area contributed by atoms with Crippen LogP contribution in [0.5, 0.6) is 0 Å². The molecule has 8 nitrogen and oxygen atoms in total. The van der Waals surface area contributed by atoms with Crippen molar-refractivity contribution >= 4 is 11.8 Å². The second-order valence-corrected chi connectivity index (χ2v) is 7.17. The molecule has 0 radical (unpaired) electrons. The SMILES string of the molecule is N#CCNC(=O)C(Cc1cccc(-c2ccnnc2)c1)NC(=O)c1ccc(CCN)cc1. The molecular formula is C24H24N6O2. The maximum absolute atomic E-state index is 12.8. The van der Waals surface area contributed by atoms with Gasteiger partial charge in [-0.05, 0) is 47.9 Å². The first-order chi connectivity index (χ1) is 15.6. The maximum Gasteiger partial charge on any atom is 0.251 e. The van der Waals surface area contributed by atoms with E-state index in [1.807, 2.05) is 48.5 Å². The molecule has 1 heterocycles. The molecule has 0 aliphatic carbocycles. The molecule has 2 amide bonds. The van der Waals surface area contributed by atoms with E-state index in [0.29, 0.717) is 12.1 Å². The van der Waals surface area contributed by atoms with Gasteiger partial charge in [0.25, 0.3) is 5.91 Å². The third kappa shape index (κ3) is 6.20. The molecule has 1 atom stereocenters. The number of carbonyl (C=O) groups excluding carboxylic acids is 2. The van der Waals surface area contributed by atoms with Gasteiger partial charge >= 0.3 is 0 Å². The zero-order chi connectivity index (χ0) is 22.8. The van der Waals surface area contributed by atoms with Gasteiger partial charge in [-0.15, -0.1) is 0 Å². The summed E-state index contributed by atoms with van der Waals surface area (Å²) in [5.74, 6) is -0.786. The van der Waals surface area contributed by atoms with Crippen LogP contribution in [0.25, 0.3) is 11.1 Å². The van der Waals surface area contributed by atoms with Gasteiger partial charge in [0.05, 0.1) is 18.5 Å². The van der Waals surface area contributed by atoms with E-state index in [2.05, 4.69) is 20.8 Å². The molecule has 1 unspecified atom stereocenters. The summed E-state index contributed by atoms with van der Waals surface area (Å²) in [4.78, 5) is 25.4. The smallest absolute Gasteiger partial charge is 0.251 e. The van der Waals surface area contributed by atoms with Crippen molar-refractivity contribution in [2.45, 2.75) is 18.9 Å². The molecule has 4 N–H and O–H groups in total. The molecule has 0 aliphatic rings. The molecular weight excluding hydrogens is 404 g/mol. The van der Waals surface area contributed by atoms with Crippen LogP contribution in [0.2, 0.25) is 0 Å². The first kappa shape index (κ1) is 22.6. The van der Waals surface area contributed by atoms with Gasteiger partial charge in [-0.3, -0.25) is 9.59 Å². The van der Waals surface area contributed by atoms with Crippen LogP contribution in [0.4, 0.5) is 0 Å². The van der Waals surface area contributed by atoms with Crippen molar-refractivity contribution < 1.29 is 9.59 Å². The first-order valence-corrected chi connectivity index (χ1v) is 10.2. The molecule has 3 aromatic rings. The number of hydrogen-bond acceptors (Lipinski definition) is 6. The lowest BCUT2D eigenvalue weighted by Crippen LogP contribution is -2.48. The summed E-state index contributed by atoms with van der Waals surface area (Å²) < 4.78 is 0. The van der Waals surface area contributed by atoms with E-state index in [1.165, 1.54) is 0 Å². The van der Waals surface area contributed by atoms with Crippen molar-refractivity contribution in [3.8, 4) is 17.2 Å². The van der Waals surface area contributed by atoms with Crippen LogP contribution in [-0.4, -0.2) is 41.1 Å². The van der Waals surface area contributed by atoms with Crippen LogP contribution in [0, 0.1) is 11.3 Å². The zero-order valence-electron chi connectivity index (χ0n) is 17.5. The highest BCUT2D eigenvalue weighted by Gasteiger charge is 2.22. The molecule has 0 saturated carbocycles. The highest BCUT2D eigenvalue weighted by Crippen LogP contribution is 2.19. The fourth-order valence-electron chi connectivity index (χ4n) is 3.27. The molecule has 3 rings (SSSR count). The number of aromatic nitrogens is 2. The van der Waals surface area contributed by atoms with E-state index in [0.717, 1.165) is 28.7 Å². The predicted molar refractivity (Wildman–Crippen MR) is 120 cm³/mol. The van der Waals surface area contributed by atoms with E-state index >= 15 is 0 Å². The van der Waals surface area contributed by atoms with Crippen LogP contribution in [-0.2, 0) is 17.6 Å². The van der Waals surface area contributed by atoms with Gasteiger partial charge < -0.3 is 16.4 Å². The maximum atomic E-state index is 12.8. The Balaban J connectivity index is 1.78. The van der Waals surface area contributed by atoms with Gasteiger partial charge in [-0.2, -0.15) is 15.5 Å². The Morgan fingerprint density at radius 1 is 1.03 bits per heavy atom. The lowest BCUT2D eigenvalue weighted by molar-refractivity contribution is -0.122. The molecule has 1 aromatic heterocycles. The van der Waals surface area contributed by atoms with Crippen LogP contribution in [0.15, 0.2) is 67.0 Å². The van der Waals surface area contributed by atoms with Crippen molar-refractivity contribution in [3.05, 3.63) is 83.7 Å². The summed E-state index contributed by atoms with van der Waals surface area (Å²) >= 11 is 0. The lowest BCUT2D eigenvalue weighted by atomic mass is 9.99. The van der Waals surface area contributed by atoms with E-state index in [-0.39, 0.29) is 18.9 Å². The monoisotopic (exact) mass is 428 g/mol. The quantitative estimate of drug-likeness (QED) is 0.444. The second-order valence-electron chi connectivity index (χ2n) is 7.17. The Bertz CT molecular complexity index is 1090. The molecule has 32 heavy (non-hydrogen) atoms. The summed E-state index contributed by atoms with van der Waals surface area (Å²) in [6.45, 7) is 0.392. The summed E-state index contributed by atoms with van der Waals surface area (Å²) in [7, 11) is 0. The average Bonchev–Trinajstić information content (AvgIpc) is 2.83. The summed E-state index contributed by atoms with van der Waals surface area (Å²) in [5.41, 5.74) is 9.73. The number of rotatable bonds is 9. The van der Waals surface area contributed by atoms with Crippen molar-refractivity contribution in [3.63, 3.8) is 0 Å². The third-order valence-electron chi connectivity index (χ3n) is 4.90. The molecule has 0 aliphatic heterocycles. The van der Waals surface area contributed by atoms with E-state index in [9.17, 15) is 9.59 Å². The van der Waals surface area contributed by atoms with Crippen molar-refractivity contribution in [2.75, 3.05) is 13.1 Å². The fourth-order valence-corrected chi connectivity index (χ4v) is 3.27. The highest BCUT2D eigenvalue weighted by molar-refractivity contribution is 5.97. The Kier molecular flexibility index (Phi) is 8.01. The second kappa shape index (κ2) is 11.3. The Morgan fingerprint density at radius 2 is 1.84 bits per heavy atom. The van der Waals surface area contributed by atoms with Crippen LogP contribution < -0.4 is 16.4 Å². The number of carbonyl (C=O) groups is 2.